The van der Waals surface area contributed by atoms with Gasteiger partial charge in [0.15, 0.2) is 0 Å². The molecule has 102 valence electrons. The van der Waals surface area contributed by atoms with Gasteiger partial charge in [-0.3, -0.25) is 4.90 Å². The summed E-state index contributed by atoms with van der Waals surface area (Å²) in [5, 5.41) is 10.0. The van der Waals surface area contributed by atoms with E-state index in [0.29, 0.717) is 19.8 Å². The van der Waals surface area contributed by atoms with Crippen molar-refractivity contribution in [2.45, 2.75) is 25.0 Å². The smallest absolute Gasteiger partial charge is 0.0739 e. The lowest BCUT2D eigenvalue weighted by Gasteiger charge is -2.37. The van der Waals surface area contributed by atoms with Crippen molar-refractivity contribution in [3.8, 4) is 0 Å². The molecule has 1 aliphatic rings. The van der Waals surface area contributed by atoms with Crippen LogP contribution < -0.4 is 0 Å². The minimum Gasteiger partial charge on any atom is -0.391 e. The first-order valence-electron chi connectivity index (χ1n) is 6.27. The zero-order chi connectivity index (χ0) is 12.5. The number of nitrogens with zero attached hydrogens (tertiary/aromatic N) is 1. The Morgan fingerprint density at radius 1 is 1.24 bits per heavy atom. The van der Waals surface area contributed by atoms with Gasteiger partial charge in [-0.05, 0) is 12.8 Å². The van der Waals surface area contributed by atoms with Crippen LogP contribution in [0, 0.1) is 0 Å². The van der Waals surface area contributed by atoms with Gasteiger partial charge in [-0.15, -0.1) is 0 Å². The number of hydrogen-bond acceptors (Lipinski definition) is 5. The van der Waals surface area contributed by atoms with E-state index in [9.17, 15) is 5.11 Å². The van der Waals surface area contributed by atoms with Gasteiger partial charge in [0.25, 0.3) is 0 Å². The number of hydrogen-bond donors (Lipinski definition) is 1. The third-order valence-electron chi connectivity index (χ3n) is 3.14. The number of methoxy groups -OCH3 is 2. The fraction of sp³-hybridized carbons (Fsp3) is 1.00. The van der Waals surface area contributed by atoms with E-state index in [1.54, 1.807) is 14.2 Å². The summed E-state index contributed by atoms with van der Waals surface area (Å²) in [6.07, 6.45) is 1.39. The molecule has 0 aromatic rings. The van der Waals surface area contributed by atoms with Gasteiger partial charge in [-0.2, -0.15) is 0 Å². The van der Waals surface area contributed by atoms with E-state index in [4.69, 9.17) is 14.2 Å². The predicted octanol–water partition coefficient (Wildman–Crippen LogP) is 0.121. The number of ether oxygens (including phenoxy) is 3. The standard InChI is InChI=1S/C12H25NO4/c1-15-7-3-5-13(6-9-16-2)11-10-17-8-4-12(11)14/h11-12,14H,3-10H2,1-2H3. The first kappa shape index (κ1) is 14.9. The van der Waals surface area contributed by atoms with Gasteiger partial charge >= 0.3 is 0 Å². The monoisotopic (exact) mass is 247 g/mol. The highest BCUT2D eigenvalue weighted by Crippen LogP contribution is 2.14. The minimum atomic E-state index is -0.289. The normalized spacial score (nSPS) is 25.4. The SMILES string of the molecule is COCCCN(CCOC)C1COCCC1O. The fourth-order valence-electron chi connectivity index (χ4n) is 2.12. The van der Waals surface area contributed by atoms with Crippen LogP contribution in [0.5, 0.6) is 0 Å². The van der Waals surface area contributed by atoms with E-state index in [1.165, 1.54) is 0 Å². The molecule has 0 aromatic heterocycles. The van der Waals surface area contributed by atoms with Crippen molar-refractivity contribution in [1.82, 2.24) is 4.90 Å². The largest absolute Gasteiger partial charge is 0.391 e. The third kappa shape index (κ3) is 5.31. The zero-order valence-electron chi connectivity index (χ0n) is 10.9. The van der Waals surface area contributed by atoms with Crippen LogP contribution >= 0.6 is 0 Å². The number of aliphatic hydroxyl groups excluding tert-OH is 1. The van der Waals surface area contributed by atoms with Crippen LogP contribution in [0.25, 0.3) is 0 Å². The summed E-state index contributed by atoms with van der Waals surface area (Å²) in [6, 6.07) is 0.0933. The summed E-state index contributed by atoms with van der Waals surface area (Å²) in [7, 11) is 3.40. The zero-order valence-corrected chi connectivity index (χ0v) is 10.9. The second-order valence-corrected chi connectivity index (χ2v) is 4.37. The van der Waals surface area contributed by atoms with Crippen LogP contribution in [0.4, 0.5) is 0 Å². The van der Waals surface area contributed by atoms with Gasteiger partial charge in [0.2, 0.25) is 0 Å². The van der Waals surface area contributed by atoms with Crippen LogP contribution in [0.1, 0.15) is 12.8 Å². The molecular formula is C12H25NO4. The van der Waals surface area contributed by atoms with E-state index in [2.05, 4.69) is 4.90 Å². The van der Waals surface area contributed by atoms with Crippen molar-refractivity contribution >= 4 is 0 Å². The molecule has 2 unspecified atom stereocenters. The molecule has 2 atom stereocenters. The van der Waals surface area contributed by atoms with Crippen molar-refractivity contribution in [2.24, 2.45) is 0 Å². The Balaban J connectivity index is 2.41. The molecule has 5 nitrogen and oxygen atoms in total. The molecule has 0 amide bonds. The van der Waals surface area contributed by atoms with Crippen molar-refractivity contribution in [3.05, 3.63) is 0 Å². The first-order chi connectivity index (χ1) is 8.29. The van der Waals surface area contributed by atoms with Crippen LogP contribution in [-0.4, -0.2) is 75.9 Å². The maximum Gasteiger partial charge on any atom is 0.0739 e. The molecule has 0 radical (unpaired) electrons. The summed E-state index contributed by atoms with van der Waals surface area (Å²) in [4.78, 5) is 2.24. The highest BCUT2D eigenvalue weighted by atomic mass is 16.5. The lowest BCUT2D eigenvalue weighted by atomic mass is 10.0. The van der Waals surface area contributed by atoms with Crippen molar-refractivity contribution in [1.29, 1.82) is 0 Å². The maximum atomic E-state index is 10.0. The minimum absolute atomic E-state index is 0.0933. The Morgan fingerprint density at radius 3 is 2.65 bits per heavy atom. The van der Waals surface area contributed by atoms with Gasteiger partial charge in [-0.25, -0.2) is 0 Å². The van der Waals surface area contributed by atoms with Crippen molar-refractivity contribution < 1.29 is 19.3 Å². The van der Waals surface area contributed by atoms with Gasteiger partial charge in [0, 0.05) is 40.5 Å². The lowest BCUT2D eigenvalue weighted by Crippen LogP contribution is -2.51. The molecule has 1 aliphatic heterocycles. The molecule has 0 aliphatic carbocycles. The van der Waals surface area contributed by atoms with Crippen LogP contribution in [0.2, 0.25) is 0 Å². The van der Waals surface area contributed by atoms with E-state index in [-0.39, 0.29) is 12.1 Å². The summed E-state index contributed by atoms with van der Waals surface area (Å²) >= 11 is 0. The van der Waals surface area contributed by atoms with Crippen LogP contribution in [0.15, 0.2) is 0 Å². The molecule has 0 saturated carbocycles. The molecule has 0 spiro atoms. The van der Waals surface area contributed by atoms with Gasteiger partial charge in [0.05, 0.1) is 25.4 Å². The van der Waals surface area contributed by atoms with Gasteiger partial charge < -0.3 is 19.3 Å². The maximum absolute atomic E-state index is 10.0. The Hall–Kier alpha value is -0.200. The van der Waals surface area contributed by atoms with E-state index in [0.717, 1.165) is 32.5 Å². The third-order valence-corrected chi connectivity index (χ3v) is 3.14. The molecule has 5 heteroatoms. The number of aliphatic hydroxyl groups is 1. The molecule has 0 aromatic carbocycles. The Kier molecular flexibility index (Phi) is 7.72. The number of rotatable bonds is 8. The highest BCUT2D eigenvalue weighted by molar-refractivity contribution is 4.82. The molecule has 0 bridgehead atoms. The lowest BCUT2D eigenvalue weighted by molar-refractivity contribution is -0.0665. The topological polar surface area (TPSA) is 51.2 Å². The second-order valence-electron chi connectivity index (χ2n) is 4.37. The molecule has 1 heterocycles. The van der Waals surface area contributed by atoms with Crippen molar-refractivity contribution in [3.63, 3.8) is 0 Å². The van der Waals surface area contributed by atoms with E-state index in [1.807, 2.05) is 0 Å². The summed E-state index contributed by atoms with van der Waals surface area (Å²) < 4.78 is 15.6. The quantitative estimate of drug-likeness (QED) is 0.618. The van der Waals surface area contributed by atoms with Crippen molar-refractivity contribution in [2.75, 3.05) is 53.7 Å². The van der Waals surface area contributed by atoms with E-state index >= 15 is 0 Å². The average molecular weight is 247 g/mol. The average Bonchev–Trinajstić information content (AvgIpc) is 2.35. The Morgan fingerprint density at radius 2 is 2.00 bits per heavy atom. The van der Waals surface area contributed by atoms with Gasteiger partial charge in [-0.1, -0.05) is 0 Å². The molecular weight excluding hydrogens is 222 g/mol. The second kappa shape index (κ2) is 8.83. The summed E-state index contributed by atoms with van der Waals surface area (Å²) in [5.74, 6) is 0. The van der Waals surface area contributed by atoms with E-state index < -0.39 is 0 Å². The Bertz CT molecular complexity index is 191. The van der Waals surface area contributed by atoms with Gasteiger partial charge in [0.1, 0.15) is 0 Å². The molecule has 1 fully saturated rings. The predicted molar refractivity (Wildman–Crippen MR) is 65.2 cm³/mol. The molecule has 1 saturated heterocycles. The first-order valence-corrected chi connectivity index (χ1v) is 6.27. The highest BCUT2D eigenvalue weighted by Gasteiger charge is 2.28. The molecule has 1 N–H and O–H groups in total. The summed E-state index contributed by atoms with van der Waals surface area (Å²) in [6.45, 7) is 4.42. The summed E-state index contributed by atoms with van der Waals surface area (Å²) in [5.41, 5.74) is 0. The molecule has 1 rings (SSSR count). The molecule has 17 heavy (non-hydrogen) atoms. The fourth-order valence-corrected chi connectivity index (χ4v) is 2.12. The van der Waals surface area contributed by atoms with Crippen LogP contribution in [0.3, 0.4) is 0 Å². The Labute approximate surface area is 104 Å². The van der Waals surface area contributed by atoms with Crippen LogP contribution in [-0.2, 0) is 14.2 Å².